The van der Waals surface area contributed by atoms with Crippen molar-refractivity contribution in [3.8, 4) is 0 Å². The van der Waals surface area contributed by atoms with Gasteiger partial charge in [0.25, 0.3) is 0 Å². The second-order valence-electron chi connectivity index (χ2n) is 9.30. The molecule has 0 unspecified atom stereocenters. The van der Waals surface area contributed by atoms with E-state index in [9.17, 15) is 14.4 Å². The van der Waals surface area contributed by atoms with Gasteiger partial charge in [0.05, 0.1) is 13.7 Å². The number of methoxy groups -OCH3 is 1. The molecule has 0 saturated heterocycles. The van der Waals surface area contributed by atoms with Gasteiger partial charge in [-0.1, -0.05) is 32.1 Å². The number of carbonyl (C=O) groups is 3. The maximum Gasteiger partial charge on any atom is 0.354 e. The number of ether oxygens (including phenoxy) is 1. The zero-order valence-corrected chi connectivity index (χ0v) is 19.7. The summed E-state index contributed by atoms with van der Waals surface area (Å²) in [5, 5.41) is 0. The van der Waals surface area contributed by atoms with Crippen molar-refractivity contribution >= 4 is 17.7 Å². The van der Waals surface area contributed by atoms with Crippen LogP contribution >= 0.6 is 0 Å². The van der Waals surface area contributed by atoms with Crippen LogP contribution in [0.2, 0.25) is 0 Å². The number of ketones is 1. The van der Waals surface area contributed by atoms with Crippen LogP contribution in [0.4, 0.5) is 0 Å². The molecule has 1 aromatic rings. The van der Waals surface area contributed by atoms with Crippen molar-refractivity contribution in [3.05, 3.63) is 22.5 Å². The number of hydrogen-bond acceptors (Lipinski definition) is 4. The Morgan fingerprint density at radius 1 is 1.00 bits per heavy atom. The maximum absolute atomic E-state index is 13.5. The molecule has 0 spiro atoms. The van der Waals surface area contributed by atoms with Crippen molar-refractivity contribution < 1.29 is 19.1 Å². The van der Waals surface area contributed by atoms with E-state index < -0.39 is 5.97 Å². The number of amides is 1. The van der Waals surface area contributed by atoms with Gasteiger partial charge in [0.15, 0.2) is 5.78 Å². The van der Waals surface area contributed by atoms with E-state index >= 15 is 0 Å². The van der Waals surface area contributed by atoms with E-state index in [0.717, 1.165) is 44.2 Å². The fraction of sp³-hybridized carbons (Fsp3) is 0.720. The van der Waals surface area contributed by atoms with Crippen LogP contribution < -0.4 is 0 Å². The van der Waals surface area contributed by atoms with Gasteiger partial charge < -0.3 is 14.2 Å². The molecule has 6 heteroatoms. The van der Waals surface area contributed by atoms with Crippen LogP contribution in [-0.4, -0.2) is 47.3 Å². The summed E-state index contributed by atoms with van der Waals surface area (Å²) in [6, 6.07) is 0. The molecule has 0 bridgehead atoms. The molecule has 1 heterocycles. The van der Waals surface area contributed by atoms with Gasteiger partial charge in [0.1, 0.15) is 5.69 Å². The normalized spacial score (nSPS) is 17.7. The first-order chi connectivity index (χ1) is 14.9. The highest BCUT2D eigenvalue weighted by atomic mass is 16.5. The van der Waals surface area contributed by atoms with Gasteiger partial charge in [-0.15, -0.1) is 0 Å². The summed E-state index contributed by atoms with van der Waals surface area (Å²) in [5.74, 6) is 0.191. The van der Waals surface area contributed by atoms with Crippen LogP contribution in [0.25, 0.3) is 0 Å². The topological polar surface area (TPSA) is 68.6 Å². The predicted octanol–water partition coefficient (Wildman–Crippen LogP) is 4.69. The molecule has 1 amide bonds. The van der Waals surface area contributed by atoms with Crippen LogP contribution in [0.5, 0.6) is 0 Å². The molecule has 172 valence electrons. The molecule has 3 rings (SSSR count). The summed E-state index contributed by atoms with van der Waals surface area (Å²) < 4.78 is 6.81. The fourth-order valence-electron chi connectivity index (χ4n) is 5.66. The quantitative estimate of drug-likeness (QED) is 0.443. The minimum atomic E-state index is -0.428. The van der Waals surface area contributed by atoms with Gasteiger partial charge in [-0.25, -0.2) is 4.79 Å². The molecule has 2 aliphatic rings. The van der Waals surface area contributed by atoms with Crippen molar-refractivity contribution in [2.75, 3.05) is 20.2 Å². The van der Waals surface area contributed by atoms with Crippen LogP contribution in [0, 0.1) is 25.7 Å². The van der Waals surface area contributed by atoms with E-state index in [1.165, 1.54) is 26.4 Å². The van der Waals surface area contributed by atoms with E-state index in [4.69, 9.17) is 4.74 Å². The molecular weight excluding hydrogens is 392 g/mol. The summed E-state index contributed by atoms with van der Waals surface area (Å²) in [6.45, 7) is 6.99. The number of hydrogen-bond donors (Lipinski definition) is 0. The minimum absolute atomic E-state index is 0.0597. The molecular formula is C25H38N2O4. The lowest BCUT2D eigenvalue weighted by molar-refractivity contribution is -0.135. The molecule has 2 aliphatic carbocycles. The first kappa shape index (κ1) is 23.6. The molecule has 2 saturated carbocycles. The van der Waals surface area contributed by atoms with Gasteiger partial charge in [0.2, 0.25) is 5.91 Å². The van der Waals surface area contributed by atoms with Crippen molar-refractivity contribution in [1.29, 1.82) is 0 Å². The minimum Gasteiger partial charge on any atom is -0.464 e. The Balaban J connectivity index is 1.86. The molecule has 0 aliphatic heterocycles. The Morgan fingerprint density at radius 2 is 1.61 bits per heavy atom. The molecule has 31 heavy (non-hydrogen) atoms. The second-order valence-corrected chi connectivity index (χ2v) is 9.30. The lowest BCUT2D eigenvalue weighted by atomic mass is 9.88. The van der Waals surface area contributed by atoms with Crippen LogP contribution in [0.3, 0.4) is 0 Å². The summed E-state index contributed by atoms with van der Waals surface area (Å²) in [7, 11) is 1.36. The van der Waals surface area contributed by atoms with Gasteiger partial charge in [-0.2, -0.15) is 0 Å². The molecule has 0 radical (unpaired) electrons. The fourth-order valence-corrected chi connectivity index (χ4v) is 5.66. The van der Waals surface area contributed by atoms with E-state index in [-0.39, 0.29) is 24.2 Å². The first-order valence-electron chi connectivity index (χ1n) is 12.0. The molecule has 0 N–H and O–H groups in total. The van der Waals surface area contributed by atoms with E-state index in [2.05, 4.69) is 0 Å². The van der Waals surface area contributed by atoms with Crippen molar-refractivity contribution in [2.45, 2.75) is 85.1 Å². The Labute approximate surface area is 186 Å². The Kier molecular flexibility index (Phi) is 7.95. The molecule has 0 atom stereocenters. The van der Waals surface area contributed by atoms with Gasteiger partial charge in [-0.3, -0.25) is 9.59 Å². The van der Waals surface area contributed by atoms with Crippen molar-refractivity contribution in [3.63, 3.8) is 0 Å². The highest BCUT2D eigenvalue weighted by Crippen LogP contribution is 2.30. The summed E-state index contributed by atoms with van der Waals surface area (Å²) in [5.41, 5.74) is 2.43. The Morgan fingerprint density at radius 3 is 2.19 bits per heavy atom. The van der Waals surface area contributed by atoms with Crippen molar-refractivity contribution in [2.24, 2.45) is 11.8 Å². The molecule has 1 aromatic heterocycles. The number of nitrogens with zero attached hydrogens (tertiary/aromatic N) is 2. The largest absolute Gasteiger partial charge is 0.464 e. The average molecular weight is 431 g/mol. The van der Waals surface area contributed by atoms with Crippen molar-refractivity contribution in [1.82, 2.24) is 9.47 Å². The monoisotopic (exact) mass is 430 g/mol. The Hall–Kier alpha value is -2.11. The number of Topliss-reactive ketones (excluding diaryl/α,β-unsaturated/α-hetero) is 1. The smallest absolute Gasteiger partial charge is 0.354 e. The first-order valence-corrected chi connectivity index (χ1v) is 12.0. The summed E-state index contributed by atoms with van der Waals surface area (Å²) >= 11 is 0. The van der Waals surface area contributed by atoms with Crippen LogP contribution in [-0.2, 0) is 16.1 Å². The second kappa shape index (κ2) is 10.5. The Bertz CT molecular complexity index is 814. The summed E-state index contributed by atoms with van der Waals surface area (Å²) in [6.07, 6.45) is 10.0. The number of esters is 1. The van der Waals surface area contributed by atoms with Crippen LogP contribution in [0.15, 0.2) is 0 Å². The molecule has 0 aromatic carbocycles. The lowest BCUT2D eigenvalue weighted by Gasteiger charge is -2.31. The van der Waals surface area contributed by atoms with E-state index in [0.29, 0.717) is 35.8 Å². The average Bonchev–Trinajstić information content (AvgIpc) is 3.39. The summed E-state index contributed by atoms with van der Waals surface area (Å²) in [4.78, 5) is 41.0. The van der Waals surface area contributed by atoms with Crippen LogP contribution in [0.1, 0.15) is 96.8 Å². The third kappa shape index (κ3) is 5.04. The highest BCUT2D eigenvalue weighted by Gasteiger charge is 2.32. The number of carbonyl (C=O) groups excluding carboxylic acids is 3. The number of aromatic nitrogens is 1. The predicted molar refractivity (Wildman–Crippen MR) is 120 cm³/mol. The lowest BCUT2D eigenvalue weighted by Crippen LogP contribution is -2.42. The molecule has 2 fully saturated rings. The van der Waals surface area contributed by atoms with E-state index in [1.807, 2.05) is 30.2 Å². The van der Waals surface area contributed by atoms with E-state index in [1.54, 1.807) is 0 Å². The third-order valence-electron chi connectivity index (χ3n) is 7.29. The maximum atomic E-state index is 13.5. The highest BCUT2D eigenvalue weighted by molar-refractivity contribution is 6.04. The third-order valence-corrected chi connectivity index (χ3v) is 7.29. The standard InChI is InChI=1S/C25H38N2O4/c1-5-27-18(3)22(17(2)23(27)25(30)31-4)21(28)16-26(15-19-11-7-6-8-12-19)24(29)20-13-9-10-14-20/h19-20H,5-16H2,1-4H3. The SMILES string of the molecule is CCn1c(C)c(C(=O)CN(CC2CCCCC2)C(=O)C2CCCC2)c(C)c1C(=O)OC. The van der Waals surface area contributed by atoms with Gasteiger partial charge >= 0.3 is 5.97 Å². The zero-order valence-electron chi connectivity index (χ0n) is 19.7. The number of rotatable bonds is 8. The molecule has 6 nitrogen and oxygen atoms in total. The van der Waals surface area contributed by atoms with Gasteiger partial charge in [-0.05, 0) is 57.9 Å². The zero-order chi connectivity index (χ0) is 22.5. The van der Waals surface area contributed by atoms with Gasteiger partial charge in [0, 0.05) is 30.3 Å².